The van der Waals surface area contributed by atoms with Gasteiger partial charge in [-0.25, -0.2) is 5.84 Å². The summed E-state index contributed by atoms with van der Waals surface area (Å²) >= 11 is 0. The Labute approximate surface area is 99.4 Å². The quantitative estimate of drug-likeness (QED) is 0.623. The minimum absolute atomic E-state index is 0.303. The van der Waals surface area contributed by atoms with E-state index in [1.165, 1.54) is 0 Å². The van der Waals surface area contributed by atoms with E-state index in [9.17, 15) is 0 Å². The van der Waals surface area contributed by atoms with Crippen molar-refractivity contribution in [2.24, 2.45) is 5.84 Å². The summed E-state index contributed by atoms with van der Waals surface area (Å²) in [4.78, 5) is 4.15. The van der Waals surface area contributed by atoms with Crippen molar-refractivity contribution in [3.63, 3.8) is 0 Å². The van der Waals surface area contributed by atoms with Crippen molar-refractivity contribution in [2.45, 2.75) is 19.9 Å². The van der Waals surface area contributed by atoms with E-state index in [-0.39, 0.29) is 0 Å². The van der Waals surface area contributed by atoms with Crippen LogP contribution in [-0.4, -0.2) is 14.8 Å². The standard InChI is InChI=1S/C11H15N5O/c1-8(2)16-7-9(6-13-16)17-11-5-3-4-10(14-11)15-12/h3-8H,12H2,1-2H3,(H,14,15). The molecule has 2 aromatic heterocycles. The first-order chi connectivity index (χ1) is 8.19. The third-order valence-corrected chi connectivity index (χ3v) is 2.20. The fourth-order valence-electron chi connectivity index (χ4n) is 1.33. The summed E-state index contributed by atoms with van der Waals surface area (Å²) in [5.74, 6) is 6.95. The van der Waals surface area contributed by atoms with Gasteiger partial charge in [-0.15, -0.1) is 0 Å². The van der Waals surface area contributed by atoms with Gasteiger partial charge in [0.25, 0.3) is 0 Å². The molecular weight excluding hydrogens is 218 g/mol. The normalized spacial score (nSPS) is 10.6. The van der Waals surface area contributed by atoms with Crippen LogP contribution in [0.2, 0.25) is 0 Å². The van der Waals surface area contributed by atoms with Gasteiger partial charge in [-0.3, -0.25) is 4.68 Å². The Kier molecular flexibility index (Phi) is 3.24. The maximum Gasteiger partial charge on any atom is 0.221 e. The zero-order valence-corrected chi connectivity index (χ0v) is 9.79. The molecule has 0 fully saturated rings. The van der Waals surface area contributed by atoms with Gasteiger partial charge in [0.05, 0.1) is 12.4 Å². The second kappa shape index (κ2) is 4.84. The molecule has 0 aliphatic rings. The smallest absolute Gasteiger partial charge is 0.221 e. The van der Waals surface area contributed by atoms with Gasteiger partial charge in [-0.05, 0) is 19.9 Å². The molecule has 0 aromatic carbocycles. The first kappa shape index (κ1) is 11.4. The Bertz CT molecular complexity index is 494. The van der Waals surface area contributed by atoms with E-state index in [1.807, 2.05) is 30.8 Å². The summed E-state index contributed by atoms with van der Waals surface area (Å²) in [7, 11) is 0. The molecule has 2 aromatic rings. The molecule has 2 heterocycles. The highest BCUT2D eigenvalue weighted by molar-refractivity contribution is 5.36. The van der Waals surface area contributed by atoms with Gasteiger partial charge >= 0.3 is 0 Å². The molecule has 0 spiro atoms. The highest BCUT2D eigenvalue weighted by Crippen LogP contribution is 2.20. The fraction of sp³-hybridized carbons (Fsp3) is 0.273. The molecule has 0 saturated heterocycles. The van der Waals surface area contributed by atoms with Crippen LogP contribution in [0.3, 0.4) is 0 Å². The second-order valence-electron chi connectivity index (χ2n) is 3.86. The van der Waals surface area contributed by atoms with Gasteiger partial charge in [-0.2, -0.15) is 10.1 Å². The topological polar surface area (TPSA) is 78.0 Å². The summed E-state index contributed by atoms with van der Waals surface area (Å²) in [6.45, 7) is 4.10. The lowest BCUT2D eigenvalue weighted by Gasteiger charge is -2.04. The Morgan fingerprint density at radius 1 is 1.41 bits per heavy atom. The number of nitrogen functional groups attached to an aromatic ring is 1. The van der Waals surface area contributed by atoms with Crippen molar-refractivity contribution in [3.05, 3.63) is 30.6 Å². The number of hydrogen-bond acceptors (Lipinski definition) is 5. The molecule has 0 bridgehead atoms. The highest BCUT2D eigenvalue weighted by Gasteiger charge is 2.04. The molecule has 3 N–H and O–H groups in total. The van der Waals surface area contributed by atoms with Gasteiger partial charge in [0.2, 0.25) is 5.88 Å². The number of nitrogens with zero attached hydrogens (tertiary/aromatic N) is 3. The van der Waals surface area contributed by atoms with E-state index in [1.54, 1.807) is 18.3 Å². The number of hydrogen-bond donors (Lipinski definition) is 2. The minimum Gasteiger partial charge on any atom is -0.436 e. The monoisotopic (exact) mass is 233 g/mol. The first-order valence-electron chi connectivity index (χ1n) is 5.34. The number of rotatable bonds is 4. The van der Waals surface area contributed by atoms with Crippen LogP contribution in [0.25, 0.3) is 0 Å². The van der Waals surface area contributed by atoms with Crippen molar-refractivity contribution in [2.75, 3.05) is 5.43 Å². The summed E-state index contributed by atoms with van der Waals surface area (Å²) in [5.41, 5.74) is 2.46. The molecule has 17 heavy (non-hydrogen) atoms. The van der Waals surface area contributed by atoms with Gasteiger partial charge in [0.15, 0.2) is 5.75 Å². The Morgan fingerprint density at radius 2 is 2.24 bits per heavy atom. The van der Waals surface area contributed by atoms with Gasteiger partial charge in [-0.1, -0.05) is 6.07 Å². The zero-order chi connectivity index (χ0) is 12.3. The SMILES string of the molecule is CC(C)n1cc(Oc2cccc(NN)n2)cn1. The lowest BCUT2D eigenvalue weighted by Crippen LogP contribution is -2.08. The predicted molar refractivity (Wildman–Crippen MR) is 64.7 cm³/mol. The maximum absolute atomic E-state index is 5.56. The Morgan fingerprint density at radius 3 is 2.88 bits per heavy atom. The van der Waals surface area contributed by atoms with Crippen molar-refractivity contribution in [3.8, 4) is 11.6 Å². The summed E-state index contributed by atoms with van der Waals surface area (Å²) in [6.07, 6.45) is 3.49. The van der Waals surface area contributed by atoms with Crippen LogP contribution in [0.15, 0.2) is 30.6 Å². The second-order valence-corrected chi connectivity index (χ2v) is 3.86. The molecule has 6 nitrogen and oxygen atoms in total. The average Bonchev–Trinajstić information content (AvgIpc) is 2.78. The molecule has 0 aliphatic heterocycles. The van der Waals surface area contributed by atoms with E-state index >= 15 is 0 Å². The van der Waals surface area contributed by atoms with Gasteiger partial charge < -0.3 is 10.2 Å². The van der Waals surface area contributed by atoms with Crippen LogP contribution in [0, 0.1) is 0 Å². The average molecular weight is 233 g/mol. The van der Waals surface area contributed by atoms with Gasteiger partial charge in [0, 0.05) is 12.1 Å². The summed E-state index contributed by atoms with van der Waals surface area (Å²) in [5, 5.41) is 4.18. The number of nitrogens with two attached hydrogens (primary N) is 1. The number of pyridine rings is 1. The van der Waals surface area contributed by atoms with E-state index < -0.39 is 0 Å². The molecule has 0 saturated carbocycles. The first-order valence-corrected chi connectivity index (χ1v) is 5.34. The number of nitrogens with one attached hydrogen (secondary N) is 1. The zero-order valence-electron chi connectivity index (χ0n) is 9.79. The van der Waals surface area contributed by atoms with Crippen molar-refractivity contribution >= 4 is 5.82 Å². The van der Waals surface area contributed by atoms with E-state index in [2.05, 4.69) is 15.5 Å². The van der Waals surface area contributed by atoms with Crippen LogP contribution < -0.4 is 16.0 Å². The molecule has 0 unspecified atom stereocenters. The fourth-order valence-corrected chi connectivity index (χ4v) is 1.33. The molecule has 2 rings (SSSR count). The van der Waals surface area contributed by atoms with E-state index in [0.29, 0.717) is 23.5 Å². The predicted octanol–water partition coefficient (Wildman–Crippen LogP) is 1.94. The van der Waals surface area contributed by atoms with Crippen molar-refractivity contribution < 1.29 is 4.74 Å². The van der Waals surface area contributed by atoms with Gasteiger partial charge in [0.1, 0.15) is 5.82 Å². The molecular formula is C11H15N5O. The van der Waals surface area contributed by atoms with Crippen molar-refractivity contribution in [1.29, 1.82) is 0 Å². The van der Waals surface area contributed by atoms with Crippen molar-refractivity contribution in [1.82, 2.24) is 14.8 Å². The molecule has 0 aliphatic carbocycles. The number of aromatic nitrogens is 3. The number of ether oxygens (including phenoxy) is 1. The third-order valence-electron chi connectivity index (χ3n) is 2.20. The molecule has 0 radical (unpaired) electrons. The summed E-state index contributed by atoms with van der Waals surface area (Å²) < 4.78 is 7.38. The van der Waals surface area contributed by atoms with Crippen LogP contribution in [0.5, 0.6) is 11.6 Å². The maximum atomic E-state index is 5.56. The minimum atomic E-state index is 0.303. The number of anilines is 1. The Balaban J connectivity index is 2.13. The molecule has 0 amide bonds. The summed E-state index contributed by atoms with van der Waals surface area (Å²) in [6, 6.07) is 5.62. The van der Waals surface area contributed by atoms with Crippen LogP contribution in [0.1, 0.15) is 19.9 Å². The molecule has 90 valence electrons. The highest BCUT2D eigenvalue weighted by atomic mass is 16.5. The van der Waals surface area contributed by atoms with Crippen LogP contribution in [-0.2, 0) is 0 Å². The van der Waals surface area contributed by atoms with E-state index in [0.717, 1.165) is 0 Å². The lowest BCUT2D eigenvalue weighted by molar-refractivity contribution is 0.459. The third kappa shape index (κ3) is 2.73. The lowest BCUT2D eigenvalue weighted by atomic mass is 10.4. The molecule has 6 heteroatoms. The molecule has 0 atom stereocenters. The largest absolute Gasteiger partial charge is 0.436 e. The number of hydrazine groups is 1. The van der Waals surface area contributed by atoms with Crippen LogP contribution in [0.4, 0.5) is 5.82 Å². The Hall–Kier alpha value is -2.08. The van der Waals surface area contributed by atoms with Crippen LogP contribution >= 0.6 is 0 Å². The van der Waals surface area contributed by atoms with E-state index in [4.69, 9.17) is 10.6 Å².